The lowest BCUT2D eigenvalue weighted by molar-refractivity contribution is 0.332. The third-order valence-electron chi connectivity index (χ3n) is 3.79. The molecule has 0 saturated carbocycles. The number of hydrogen-bond donors (Lipinski definition) is 1. The van der Waals surface area contributed by atoms with Gasteiger partial charge >= 0.3 is 0 Å². The van der Waals surface area contributed by atoms with Crippen molar-refractivity contribution in [3.8, 4) is 22.6 Å². The summed E-state index contributed by atoms with van der Waals surface area (Å²) in [5, 5.41) is 3.06. The fourth-order valence-corrected chi connectivity index (χ4v) is 2.67. The fourth-order valence-electron chi connectivity index (χ4n) is 2.67. The summed E-state index contributed by atoms with van der Waals surface area (Å²) in [5.74, 6) is 1.26. The third-order valence-corrected chi connectivity index (χ3v) is 3.79. The molecule has 3 rings (SSSR count). The summed E-state index contributed by atoms with van der Waals surface area (Å²) < 4.78 is 11.1. The van der Waals surface area contributed by atoms with Crippen LogP contribution in [0.15, 0.2) is 58.1 Å². The summed E-state index contributed by atoms with van der Waals surface area (Å²) >= 11 is 0. The van der Waals surface area contributed by atoms with Gasteiger partial charge in [-0.3, -0.25) is 9.59 Å². The number of ether oxygens (including phenoxy) is 2. The van der Waals surface area contributed by atoms with Gasteiger partial charge in [-0.25, -0.2) is 0 Å². The number of nitrogens with one attached hydrogen (secondary N) is 1. The molecule has 0 radical (unpaired) electrons. The van der Waals surface area contributed by atoms with Gasteiger partial charge < -0.3 is 14.8 Å². The highest BCUT2D eigenvalue weighted by Gasteiger charge is 2.23. The molecule has 0 unspecified atom stereocenters. The maximum atomic E-state index is 12.1. The highest BCUT2D eigenvalue weighted by Crippen LogP contribution is 2.34. The largest absolute Gasteiger partial charge is 0.494 e. The van der Waals surface area contributed by atoms with Crippen LogP contribution in [-0.4, -0.2) is 13.2 Å². The predicted octanol–water partition coefficient (Wildman–Crippen LogP) is 3.49. The normalized spacial score (nSPS) is 10.6. The molecular weight excluding hydrogens is 318 g/mol. The zero-order chi connectivity index (χ0) is 17.8. The van der Waals surface area contributed by atoms with Crippen LogP contribution in [-0.2, 0) is 0 Å². The van der Waals surface area contributed by atoms with Crippen LogP contribution in [0.25, 0.3) is 11.1 Å². The summed E-state index contributed by atoms with van der Waals surface area (Å²) in [4.78, 5) is 24.1. The van der Waals surface area contributed by atoms with Crippen LogP contribution < -0.4 is 25.6 Å². The first-order valence-electron chi connectivity index (χ1n) is 8.21. The summed E-state index contributed by atoms with van der Waals surface area (Å²) in [6.07, 6.45) is 0. The molecule has 1 N–H and O–H groups in total. The molecule has 0 atom stereocenters. The molecule has 25 heavy (non-hydrogen) atoms. The monoisotopic (exact) mass is 337 g/mol. The van der Waals surface area contributed by atoms with E-state index in [2.05, 4.69) is 5.32 Å². The van der Waals surface area contributed by atoms with Crippen LogP contribution in [0.1, 0.15) is 13.8 Å². The first kappa shape index (κ1) is 16.8. The minimum Gasteiger partial charge on any atom is -0.494 e. The topological polar surface area (TPSA) is 64.6 Å². The Bertz CT molecular complexity index is 940. The van der Waals surface area contributed by atoms with Crippen molar-refractivity contribution in [2.75, 3.05) is 18.5 Å². The summed E-state index contributed by atoms with van der Waals surface area (Å²) in [5.41, 5.74) is 0.988. The van der Waals surface area contributed by atoms with E-state index in [1.165, 1.54) is 0 Å². The summed E-state index contributed by atoms with van der Waals surface area (Å²) in [6, 6.07) is 14.5. The van der Waals surface area contributed by atoms with Crippen molar-refractivity contribution in [1.82, 2.24) is 0 Å². The van der Waals surface area contributed by atoms with Crippen molar-refractivity contribution in [2.24, 2.45) is 0 Å². The van der Waals surface area contributed by atoms with Crippen molar-refractivity contribution in [2.45, 2.75) is 13.8 Å². The van der Waals surface area contributed by atoms with Crippen molar-refractivity contribution in [1.29, 1.82) is 0 Å². The molecule has 0 aromatic heterocycles. The Balaban J connectivity index is 2.01. The van der Waals surface area contributed by atoms with Crippen molar-refractivity contribution < 1.29 is 9.47 Å². The van der Waals surface area contributed by atoms with E-state index in [1.807, 2.05) is 32.0 Å². The Labute approximate surface area is 145 Å². The van der Waals surface area contributed by atoms with Crippen LogP contribution in [0.5, 0.6) is 11.5 Å². The Kier molecular flexibility index (Phi) is 4.84. The zero-order valence-corrected chi connectivity index (χ0v) is 14.2. The van der Waals surface area contributed by atoms with Crippen molar-refractivity contribution >= 4 is 11.4 Å². The first-order valence-corrected chi connectivity index (χ1v) is 8.21. The van der Waals surface area contributed by atoms with Crippen LogP contribution in [0.2, 0.25) is 0 Å². The number of anilines is 2. The Morgan fingerprint density at radius 3 is 2.28 bits per heavy atom. The van der Waals surface area contributed by atoms with E-state index in [4.69, 9.17) is 9.47 Å². The lowest BCUT2D eigenvalue weighted by Gasteiger charge is -2.17. The number of rotatable bonds is 7. The van der Waals surface area contributed by atoms with Crippen LogP contribution >= 0.6 is 0 Å². The van der Waals surface area contributed by atoms with E-state index in [0.717, 1.165) is 0 Å². The molecule has 0 saturated heterocycles. The summed E-state index contributed by atoms with van der Waals surface area (Å²) in [6.45, 7) is 4.80. The molecule has 0 amide bonds. The molecule has 3 aromatic rings. The van der Waals surface area contributed by atoms with Gasteiger partial charge in [0.05, 0.1) is 24.5 Å². The van der Waals surface area contributed by atoms with Gasteiger partial charge in [-0.05, 0) is 31.5 Å². The maximum Gasteiger partial charge on any atom is 0.250 e. The minimum absolute atomic E-state index is 0.283. The molecule has 128 valence electrons. The Hall–Kier alpha value is -3.08. The molecule has 0 fully saturated rings. The van der Waals surface area contributed by atoms with Crippen LogP contribution in [0, 0.1) is 0 Å². The van der Waals surface area contributed by atoms with E-state index < -0.39 is 10.9 Å². The SMILES string of the molecule is CCOc1ccc(OCC)c(Nc2c(-c3ccccc3)c(=O)c2=O)c1. The highest BCUT2D eigenvalue weighted by molar-refractivity contribution is 5.85. The van der Waals surface area contributed by atoms with Crippen LogP contribution in [0.4, 0.5) is 11.4 Å². The lowest BCUT2D eigenvalue weighted by atomic mass is 9.98. The molecular formula is C20H19NO4. The average Bonchev–Trinajstić information content (AvgIpc) is 2.64. The van der Waals surface area contributed by atoms with E-state index in [1.54, 1.807) is 30.3 Å². The average molecular weight is 337 g/mol. The lowest BCUT2D eigenvalue weighted by Crippen LogP contribution is -2.35. The third kappa shape index (κ3) is 3.26. The van der Waals surface area contributed by atoms with Crippen LogP contribution in [0.3, 0.4) is 0 Å². The van der Waals surface area contributed by atoms with Gasteiger partial charge in [0.2, 0.25) is 5.43 Å². The second-order valence-electron chi connectivity index (χ2n) is 5.42. The molecule has 3 aromatic carbocycles. The Morgan fingerprint density at radius 1 is 0.880 bits per heavy atom. The van der Waals surface area contributed by atoms with Gasteiger partial charge in [0.15, 0.2) is 0 Å². The molecule has 0 aliphatic carbocycles. The quantitative estimate of drug-likeness (QED) is 0.669. The summed E-state index contributed by atoms with van der Waals surface area (Å²) in [7, 11) is 0. The molecule has 0 aliphatic rings. The number of hydrogen-bond acceptors (Lipinski definition) is 5. The van der Waals surface area contributed by atoms with Crippen molar-refractivity contribution in [3.05, 3.63) is 69.0 Å². The first-order chi connectivity index (χ1) is 12.2. The molecule has 5 heteroatoms. The van der Waals surface area contributed by atoms with Gasteiger partial charge in [0, 0.05) is 6.07 Å². The standard InChI is InChI=1S/C20H19NO4/c1-3-24-14-10-11-16(25-4-2)15(12-14)21-18-17(19(22)20(18)23)13-8-6-5-7-9-13/h5-12,21H,3-4H2,1-2H3. The maximum absolute atomic E-state index is 12.1. The van der Waals surface area contributed by atoms with Gasteiger partial charge in [0.25, 0.3) is 5.43 Å². The van der Waals surface area contributed by atoms with E-state index in [-0.39, 0.29) is 5.69 Å². The highest BCUT2D eigenvalue weighted by atomic mass is 16.5. The van der Waals surface area contributed by atoms with Gasteiger partial charge in [-0.2, -0.15) is 0 Å². The zero-order valence-electron chi connectivity index (χ0n) is 14.2. The smallest absolute Gasteiger partial charge is 0.250 e. The molecule has 0 spiro atoms. The predicted molar refractivity (Wildman–Crippen MR) is 98.9 cm³/mol. The van der Waals surface area contributed by atoms with Crippen molar-refractivity contribution in [3.63, 3.8) is 0 Å². The molecule has 0 bridgehead atoms. The molecule has 0 aliphatic heterocycles. The number of benzene rings is 2. The van der Waals surface area contributed by atoms with E-state index in [0.29, 0.717) is 41.5 Å². The van der Waals surface area contributed by atoms with E-state index >= 15 is 0 Å². The van der Waals surface area contributed by atoms with Gasteiger partial charge in [0.1, 0.15) is 17.2 Å². The fraction of sp³-hybridized carbons (Fsp3) is 0.200. The molecule has 0 heterocycles. The second-order valence-corrected chi connectivity index (χ2v) is 5.42. The minimum atomic E-state index is -0.525. The Morgan fingerprint density at radius 2 is 1.60 bits per heavy atom. The second kappa shape index (κ2) is 7.21. The van der Waals surface area contributed by atoms with Gasteiger partial charge in [-0.15, -0.1) is 0 Å². The van der Waals surface area contributed by atoms with Gasteiger partial charge in [-0.1, -0.05) is 30.3 Å². The van der Waals surface area contributed by atoms with E-state index in [9.17, 15) is 9.59 Å². The molecule has 5 nitrogen and oxygen atoms in total.